The zero-order chi connectivity index (χ0) is 18.5. The van der Waals surface area contributed by atoms with Crippen molar-refractivity contribution < 1.29 is 0 Å². The highest BCUT2D eigenvalue weighted by Gasteiger charge is 2.19. The highest BCUT2D eigenvalue weighted by Crippen LogP contribution is 2.21. The molecule has 1 aliphatic rings. The lowest BCUT2D eigenvalue weighted by molar-refractivity contribution is 0.413. The van der Waals surface area contributed by atoms with Crippen LogP contribution in [-0.4, -0.2) is 34.1 Å². The molecule has 4 rings (SSSR count). The van der Waals surface area contributed by atoms with Gasteiger partial charge in [-0.15, -0.1) is 0 Å². The maximum Gasteiger partial charge on any atom is 0.178 e. The van der Waals surface area contributed by atoms with E-state index in [4.69, 9.17) is 0 Å². The lowest BCUT2D eigenvalue weighted by Crippen LogP contribution is -2.42. The Hall–Kier alpha value is -2.79. The molecule has 0 bridgehead atoms. The molecule has 0 radical (unpaired) electrons. The zero-order valence-electron chi connectivity index (χ0n) is 15.7. The Bertz CT molecular complexity index is 855. The fourth-order valence-electron chi connectivity index (χ4n) is 3.50. The second-order valence-corrected chi connectivity index (χ2v) is 7.11. The number of hydrogen-bond donors (Lipinski definition) is 1. The van der Waals surface area contributed by atoms with Crippen molar-refractivity contribution in [3.63, 3.8) is 0 Å². The van der Waals surface area contributed by atoms with Crippen molar-refractivity contribution in [3.05, 3.63) is 72.2 Å². The summed E-state index contributed by atoms with van der Waals surface area (Å²) in [6.45, 7) is 5.14. The molecule has 1 N–H and O–H groups in total. The van der Waals surface area contributed by atoms with Crippen molar-refractivity contribution >= 4 is 5.69 Å². The standard InChI is InChI=1S/C22H25N5/c1-17-5-4-6-20(13-17)27-11-8-19(9-12-27)24-14-18-15-25-22(26-16-18)21-7-2-3-10-23-21/h2-7,10,13,15-16,19,24H,8-9,11-12,14H2,1H3. The van der Waals surface area contributed by atoms with Crippen LogP contribution in [0.4, 0.5) is 5.69 Å². The molecule has 0 atom stereocenters. The van der Waals surface area contributed by atoms with Crippen molar-refractivity contribution in [1.29, 1.82) is 0 Å². The van der Waals surface area contributed by atoms with Gasteiger partial charge < -0.3 is 10.2 Å². The minimum absolute atomic E-state index is 0.543. The Morgan fingerprint density at radius 1 is 1.00 bits per heavy atom. The van der Waals surface area contributed by atoms with E-state index < -0.39 is 0 Å². The largest absolute Gasteiger partial charge is 0.371 e. The van der Waals surface area contributed by atoms with Crippen LogP contribution in [0.2, 0.25) is 0 Å². The predicted octanol–water partition coefficient (Wildman–Crippen LogP) is 3.61. The average Bonchev–Trinajstić information content (AvgIpc) is 2.74. The number of nitrogens with one attached hydrogen (secondary N) is 1. The summed E-state index contributed by atoms with van der Waals surface area (Å²) in [6, 6.07) is 15.1. The summed E-state index contributed by atoms with van der Waals surface area (Å²) in [5.41, 5.74) is 4.57. The summed E-state index contributed by atoms with van der Waals surface area (Å²) < 4.78 is 0. The molecule has 3 heterocycles. The molecule has 1 saturated heterocycles. The molecule has 1 aliphatic heterocycles. The minimum Gasteiger partial charge on any atom is -0.371 e. The van der Waals surface area contributed by atoms with E-state index in [9.17, 15) is 0 Å². The normalized spacial score (nSPS) is 15.1. The molecule has 0 aliphatic carbocycles. The monoisotopic (exact) mass is 359 g/mol. The van der Waals surface area contributed by atoms with Crippen LogP contribution >= 0.6 is 0 Å². The van der Waals surface area contributed by atoms with E-state index in [0.717, 1.165) is 43.7 Å². The van der Waals surface area contributed by atoms with Gasteiger partial charge in [-0.25, -0.2) is 9.97 Å². The molecule has 27 heavy (non-hydrogen) atoms. The number of piperidine rings is 1. The Labute approximate surface area is 160 Å². The van der Waals surface area contributed by atoms with E-state index >= 15 is 0 Å². The number of benzene rings is 1. The highest BCUT2D eigenvalue weighted by atomic mass is 15.1. The smallest absolute Gasteiger partial charge is 0.178 e. The third-order valence-electron chi connectivity index (χ3n) is 5.06. The van der Waals surface area contributed by atoms with E-state index in [1.807, 2.05) is 30.6 Å². The number of aromatic nitrogens is 3. The first-order valence-electron chi connectivity index (χ1n) is 9.55. The maximum absolute atomic E-state index is 4.45. The number of hydrogen-bond acceptors (Lipinski definition) is 5. The molecule has 5 nitrogen and oxygen atoms in total. The molecule has 0 spiro atoms. The van der Waals surface area contributed by atoms with Crippen LogP contribution in [0.3, 0.4) is 0 Å². The van der Waals surface area contributed by atoms with Crippen LogP contribution in [0.25, 0.3) is 11.5 Å². The second kappa shape index (κ2) is 8.27. The molecular weight excluding hydrogens is 334 g/mol. The first kappa shape index (κ1) is 17.6. The van der Waals surface area contributed by atoms with E-state index in [0.29, 0.717) is 11.9 Å². The lowest BCUT2D eigenvalue weighted by Gasteiger charge is -2.34. The van der Waals surface area contributed by atoms with Crippen molar-refractivity contribution in [1.82, 2.24) is 20.3 Å². The number of pyridine rings is 1. The van der Waals surface area contributed by atoms with Crippen molar-refractivity contribution in [2.24, 2.45) is 0 Å². The molecule has 0 saturated carbocycles. The van der Waals surface area contributed by atoms with Crippen molar-refractivity contribution in [2.75, 3.05) is 18.0 Å². The van der Waals surface area contributed by atoms with Gasteiger partial charge in [-0.2, -0.15) is 0 Å². The van der Waals surface area contributed by atoms with Gasteiger partial charge in [-0.05, 0) is 49.6 Å². The predicted molar refractivity (Wildman–Crippen MR) is 109 cm³/mol. The van der Waals surface area contributed by atoms with Crippen LogP contribution in [0.5, 0.6) is 0 Å². The van der Waals surface area contributed by atoms with Crippen molar-refractivity contribution in [2.45, 2.75) is 32.4 Å². The van der Waals surface area contributed by atoms with Gasteiger partial charge in [-0.1, -0.05) is 18.2 Å². The van der Waals surface area contributed by atoms with E-state index in [-0.39, 0.29) is 0 Å². The Balaban J connectivity index is 1.28. The van der Waals surface area contributed by atoms with Gasteiger partial charge >= 0.3 is 0 Å². The molecule has 0 amide bonds. The summed E-state index contributed by atoms with van der Waals surface area (Å²) in [5.74, 6) is 0.672. The minimum atomic E-state index is 0.543. The van der Waals surface area contributed by atoms with Crippen LogP contribution in [-0.2, 0) is 6.54 Å². The molecule has 3 aromatic rings. The summed E-state index contributed by atoms with van der Waals surface area (Å²) in [5, 5.41) is 3.66. The van der Waals surface area contributed by atoms with Gasteiger partial charge in [0.2, 0.25) is 0 Å². The SMILES string of the molecule is Cc1cccc(N2CCC(NCc3cnc(-c4ccccn4)nc3)CC2)c1. The Kier molecular flexibility index (Phi) is 5.39. The molecule has 2 aromatic heterocycles. The Morgan fingerprint density at radius 2 is 1.81 bits per heavy atom. The quantitative estimate of drug-likeness (QED) is 0.754. The summed E-state index contributed by atoms with van der Waals surface area (Å²) in [4.78, 5) is 15.7. The van der Waals surface area contributed by atoms with Crippen LogP contribution in [0.1, 0.15) is 24.0 Å². The molecule has 1 aromatic carbocycles. The first-order chi connectivity index (χ1) is 13.3. The van der Waals surface area contributed by atoms with Crippen LogP contribution in [0, 0.1) is 6.92 Å². The van der Waals surface area contributed by atoms with Gasteiger partial charge in [-0.3, -0.25) is 4.98 Å². The topological polar surface area (TPSA) is 53.9 Å². The van der Waals surface area contributed by atoms with Gasteiger partial charge in [0.05, 0.1) is 0 Å². The van der Waals surface area contributed by atoms with E-state index in [1.165, 1.54) is 11.3 Å². The number of rotatable bonds is 5. The maximum atomic E-state index is 4.45. The number of anilines is 1. The molecule has 0 unspecified atom stereocenters. The van der Waals surface area contributed by atoms with Gasteiger partial charge in [0.15, 0.2) is 5.82 Å². The first-order valence-corrected chi connectivity index (χ1v) is 9.55. The zero-order valence-corrected chi connectivity index (χ0v) is 15.7. The highest BCUT2D eigenvalue weighted by molar-refractivity contribution is 5.49. The third kappa shape index (κ3) is 4.49. The van der Waals surface area contributed by atoms with E-state index in [2.05, 4.69) is 56.4 Å². The lowest BCUT2D eigenvalue weighted by atomic mass is 10.0. The Morgan fingerprint density at radius 3 is 2.52 bits per heavy atom. The molecule has 138 valence electrons. The van der Waals surface area contributed by atoms with E-state index in [1.54, 1.807) is 6.20 Å². The van der Waals surface area contributed by atoms with Crippen molar-refractivity contribution in [3.8, 4) is 11.5 Å². The third-order valence-corrected chi connectivity index (χ3v) is 5.06. The summed E-state index contributed by atoms with van der Waals surface area (Å²) in [6.07, 6.45) is 7.86. The number of nitrogens with zero attached hydrogens (tertiary/aromatic N) is 4. The molecular formula is C22H25N5. The average molecular weight is 359 g/mol. The number of aryl methyl sites for hydroxylation is 1. The second-order valence-electron chi connectivity index (χ2n) is 7.11. The molecule has 5 heteroatoms. The summed E-state index contributed by atoms with van der Waals surface area (Å²) in [7, 11) is 0. The van der Waals surface area contributed by atoms with Crippen LogP contribution < -0.4 is 10.2 Å². The van der Waals surface area contributed by atoms with Gasteiger partial charge in [0, 0.05) is 55.5 Å². The van der Waals surface area contributed by atoms with Gasteiger partial charge in [0.1, 0.15) is 5.69 Å². The van der Waals surface area contributed by atoms with Crippen LogP contribution in [0.15, 0.2) is 61.1 Å². The fraction of sp³-hybridized carbons (Fsp3) is 0.318. The van der Waals surface area contributed by atoms with Gasteiger partial charge in [0.25, 0.3) is 0 Å². The molecule has 1 fully saturated rings. The summed E-state index contributed by atoms with van der Waals surface area (Å²) >= 11 is 0. The fourth-order valence-corrected chi connectivity index (χ4v) is 3.50.